The quantitative estimate of drug-likeness (QED) is 0.425. The third kappa shape index (κ3) is 4.70. The minimum atomic E-state index is -2.26. The zero-order valence-corrected chi connectivity index (χ0v) is 20.5. The number of aromatic nitrogens is 4. The maximum atomic E-state index is 12.9. The molecule has 10 nitrogen and oxygen atoms in total. The Kier molecular flexibility index (Phi) is 8.27. The van der Waals surface area contributed by atoms with E-state index in [4.69, 9.17) is 9.26 Å². The van der Waals surface area contributed by atoms with E-state index in [9.17, 15) is 14.8 Å². The van der Waals surface area contributed by atoms with Crippen molar-refractivity contribution < 1.29 is 24.0 Å². The van der Waals surface area contributed by atoms with Gasteiger partial charge in [0.15, 0.2) is 25.7 Å². The fourth-order valence-electron chi connectivity index (χ4n) is 4.36. The van der Waals surface area contributed by atoms with E-state index in [0.717, 1.165) is 12.8 Å². The first-order valence-electron chi connectivity index (χ1n) is 11.4. The number of aliphatic hydroxyl groups is 2. The number of ether oxygens (including phenoxy) is 1. The second kappa shape index (κ2) is 10.6. The molecule has 3 rings (SSSR count). The van der Waals surface area contributed by atoms with Gasteiger partial charge in [0.1, 0.15) is 24.1 Å². The number of aliphatic hydroxyl groups excluding tert-OH is 2. The number of nitrogens with zero attached hydrogens (tertiary/aromatic N) is 4. The number of hydrogen-bond donors (Lipinski definition) is 3. The van der Waals surface area contributed by atoms with Gasteiger partial charge in [-0.2, -0.15) is 0 Å². The Bertz CT molecular complexity index is 917. The van der Waals surface area contributed by atoms with Gasteiger partial charge < -0.3 is 24.8 Å². The first kappa shape index (κ1) is 25.1. The monoisotopic (exact) mass is 469 g/mol. The number of rotatable bonds is 11. The van der Waals surface area contributed by atoms with Crippen molar-refractivity contribution in [1.82, 2.24) is 19.5 Å². The van der Waals surface area contributed by atoms with Gasteiger partial charge in [-0.15, -0.1) is 0 Å². The molecule has 0 amide bonds. The molecule has 0 spiro atoms. The maximum Gasteiger partial charge on any atom is 0.195 e. The largest absolute Gasteiger partial charge is 0.388 e. The van der Waals surface area contributed by atoms with E-state index in [0.29, 0.717) is 36.2 Å². The number of fused-ring (bicyclic) bond motifs is 1. The van der Waals surface area contributed by atoms with E-state index >= 15 is 0 Å². The summed E-state index contributed by atoms with van der Waals surface area (Å²) in [6.45, 7) is 8.01. The van der Waals surface area contributed by atoms with E-state index in [1.807, 2.05) is 27.7 Å². The van der Waals surface area contributed by atoms with Crippen LogP contribution in [0.5, 0.6) is 0 Å². The van der Waals surface area contributed by atoms with Crippen molar-refractivity contribution in [3.8, 4) is 0 Å². The first-order valence-corrected chi connectivity index (χ1v) is 12.8. The van der Waals surface area contributed by atoms with E-state index < -0.39 is 38.2 Å². The summed E-state index contributed by atoms with van der Waals surface area (Å²) in [7, 11) is -0.523. The molecule has 3 N–H and O–H groups in total. The predicted molar refractivity (Wildman–Crippen MR) is 123 cm³/mol. The molecule has 0 aliphatic carbocycles. The highest BCUT2D eigenvalue weighted by molar-refractivity contribution is 7.40. The zero-order chi connectivity index (χ0) is 23.5. The van der Waals surface area contributed by atoms with Crippen LogP contribution in [0.4, 0.5) is 5.82 Å². The molecule has 1 saturated heterocycles. The van der Waals surface area contributed by atoms with E-state index in [2.05, 4.69) is 20.3 Å². The molecule has 0 saturated carbocycles. The third-order valence-electron chi connectivity index (χ3n) is 6.70. The van der Waals surface area contributed by atoms with Crippen LogP contribution in [0.3, 0.4) is 0 Å². The highest BCUT2D eigenvalue weighted by Crippen LogP contribution is 2.45. The summed E-state index contributed by atoms with van der Waals surface area (Å²) < 4.78 is 26.8. The Labute approximate surface area is 189 Å². The van der Waals surface area contributed by atoms with Crippen LogP contribution in [0, 0.1) is 0 Å². The lowest BCUT2D eigenvalue weighted by Crippen LogP contribution is -2.39. The van der Waals surface area contributed by atoms with Gasteiger partial charge in [-0.05, 0) is 25.7 Å². The van der Waals surface area contributed by atoms with Crippen molar-refractivity contribution in [2.45, 2.75) is 95.6 Å². The fourth-order valence-corrected chi connectivity index (χ4v) is 5.99. The number of imidazole rings is 1. The van der Waals surface area contributed by atoms with Crippen molar-refractivity contribution in [3.63, 3.8) is 0 Å². The highest BCUT2D eigenvalue weighted by atomic mass is 31.1. The zero-order valence-electron chi connectivity index (χ0n) is 19.5. The summed E-state index contributed by atoms with van der Waals surface area (Å²) >= 11 is 0. The summed E-state index contributed by atoms with van der Waals surface area (Å²) in [5, 5.41) is 24.6. The highest BCUT2D eigenvalue weighted by Gasteiger charge is 2.48. The summed E-state index contributed by atoms with van der Waals surface area (Å²) in [6.07, 6.45) is 2.26. The second-order valence-electron chi connectivity index (χ2n) is 8.37. The number of nitrogens with one attached hydrogen (secondary N) is 1. The average molecular weight is 470 g/mol. The molecular formula is C21H36N5O5P. The van der Waals surface area contributed by atoms with Crippen LogP contribution < -0.4 is 5.32 Å². The smallest absolute Gasteiger partial charge is 0.195 e. The lowest BCUT2D eigenvalue weighted by molar-refractivity contribution is -0.0675. The molecule has 0 radical (unpaired) electrons. The molecule has 1 aliphatic heterocycles. The SMILES string of the molecule is CCC(CC)[PH](=O)OC(CC)(CC)CC1O[C@H](n2cnc3c(NC)ncnc32)[C@H](O)[C@@H]1O. The van der Waals surface area contributed by atoms with Gasteiger partial charge in [0.2, 0.25) is 0 Å². The lowest BCUT2D eigenvalue weighted by Gasteiger charge is -2.35. The molecule has 2 aromatic heterocycles. The lowest BCUT2D eigenvalue weighted by atomic mass is 9.88. The predicted octanol–water partition coefficient (Wildman–Crippen LogP) is 3.12. The van der Waals surface area contributed by atoms with Gasteiger partial charge in [0, 0.05) is 19.1 Å². The first-order chi connectivity index (χ1) is 15.3. The summed E-state index contributed by atoms with van der Waals surface area (Å²) in [4.78, 5) is 12.8. The Morgan fingerprint density at radius 2 is 1.88 bits per heavy atom. The van der Waals surface area contributed by atoms with Crippen LogP contribution in [0.25, 0.3) is 11.2 Å². The Morgan fingerprint density at radius 3 is 2.47 bits per heavy atom. The summed E-state index contributed by atoms with van der Waals surface area (Å²) in [6, 6.07) is 0. The van der Waals surface area contributed by atoms with Crippen molar-refractivity contribution >= 4 is 25.0 Å². The van der Waals surface area contributed by atoms with Crippen LogP contribution in [0.15, 0.2) is 12.7 Å². The van der Waals surface area contributed by atoms with E-state index in [-0.39, 0.29) is 5.66 Å². The topological polar surface area (TPSA) is 132 Å². The average Bonchev–Trinajstić information content (AvgIpc) is 3.35. The Balaban J connectivity index is 1.83. The van der Waals surface area contributed by atoms with Crippen molar-refractivity contribution in [1.29, 1.82) is 0 Å². The standard InChI is InChI=1S/C21H36N5O5P/c1-6-13(7-2)32(29)31-21(8-3,9-4)10-14-16(27)17(28)20(30-14)26-12-25-15-18(22-5)23-11-24-19(15)26/h11-14,16-17,20,27-28,32H,6-10H2,1-5H3,(H,22,23,24)/t14?,16-,17-,20+/m1/s1. The molecule has 180 valence electrons. The van der Waals surface area contributed by atoms with Crippen LogP contribution in [-0.4, -0.2) is 66.4 Å². The van der Waals surface area contributed by atoms with Gasteiger partial charge in [0.05, 0.1) is 18.0 Å². The number of hydrogen-bond acceptors (Lipinski definition) is 9. The van der Waals surface area contributed by atoms with Crippen molar-refractivity contribution in [2.24, 2.45) is 0 Å². The minimum absolute atomic E-state index is 0.0311. The molecule has 2 unspecified atom stereocenters. The van der Waals surface area contributed by atoms with E-state index in [1.54, 1.807) is 11.6 Å². The van der Waals surface area contributed by atoms with E-state index in [1.165, 1.54) is 12.7 Å². The van der Waals surface area contributed by atoms with Gasteiger partial charge in [-0.3, -0.25) is 9.13 Å². The molecule has 32 heavy (non-hydrogen) atoms. The summed E-state index contributed by atoms with van der Waals surface area (Å²) in [5.74, 6) is 0.564. The van der Waals surface area contributed by atoms with Crippen LogP contribution in [0.2, 0.25) is 0 Å². The normalized spacial score (nSPS) is 25.0. The molecule has 2 aromatic rings. The molecule has 5 atom stereocenters. The molecule has 3 heterocycles. The van der Waals surface area contributed by atoms with Gasteiger partial charge >= 0.3 is 0 Å². The maximum absolute atomic E-state index is 12.9. The van der Waals surface area contributed by atoms with Crippen LogP contribution in [-0.2, 0) is 13.8 Å². The Hall–Kier alpha value is -1.58. The fraction of sp³-hybridized carbons (Fsp3) is 0.762. The molecule has 11 heteroatoms. The van der Waals surface area contributed by atoms with Crippen LogP contribution >= 0.6 is 8.03 Å². The molecule has 0 bridgehead atoms. The Morgan fingerprint density at radius 1 is 1.19 bits per heavy atom. The number of anilines is 1. The van der Waals surface area contributed by atoms with Crippen molar-refractivity contribution in [3.05, 3.63) is 12.7 Å². The molecule has 1 fully saturated rings. The van der Waals surface area contributed by atoms with Gasteiger partial charge in [0.25, 0.3) is 0 Å². The van der Waals surface area contributed by atoms with Gasteiger partial charge in [-0.1, -0.05) is 27.7 Å². The minimum Gasteiger partial charge on any atom is -0.388 e. The van der Waals surface area contributed by atoms with Crippen LogP contribution in [0.1, 0.15) is 66.0 Å². The molecule has 1 aliphatic rings. The van der Waals surface area contributed by atoms with Crippen molar-refractivity contribution in [2.75, 3.05) is 12.4 Å². The van der Waals surface area contributed by atoms with Gasteiger partial charge in [-0.25, -0.2) is 15.0 Å². The summed E-state index contributed by atoms with van der Waals surface area (Å²) in [5.41, 5.74) is 0.377. The second-order valence-corrected chi connectivity index (χ2v) is 10.0. The third-order valence-corrected chi connectivity index (χ3v) is 8.82. The molecule has 0 aromatic carbocycles. The molecular weight excluding hydrogens is 433 g/mol.